The van der Waals surface area contributed by atoms with Crippen molar-refractivity contribution in [1.29, 1.82) is 0 Å². The lowest BCUT2D eigenvalue weighted by atomic mass is 10.2. The molecule has 0 saturated heterocycles. The van der Waals surface area contributed by atoms with Gasteiger partial charge in [0.1, 0.15) is 4.88 Å². The highest BCUT2D eigenvalue weighted by Crippen LogP contribution is 2.37. The Bertz CT molecular complexity index is 1260. The van der Waals surface area contributed by atoms with Gasteiger partial charge in [-0.3, -0.25) is 4.57 Å². The number of hydrogen-bond acceptors (Lipinski definition) is 4. The zero-order chi connectivity index (χ0) is 20.4. The molecule has 0 spiro atoms. The van der Waals surface area contributed by atoms with Crippen LogP contribution >= 0.6 is 35.2 Å². The minimum atomic E-state index is 0.112. The molecule has 0 aliphatic heterocycles. The molecule has 3 nitrogen and oxygen atoms in total. The normalized spacial score (nSPS) is 11.2. The van der Waals surface area contributed by atoms with Crippen LogP contribution < -0.4 is 0 Å². The number of para-hydroxylation sites is 1. The van der Waals surface area contributed by atoms with Gasteiger partial charge in [-0.25, -0.2) is 4.98 Å². The third kappa shape index (κ3) is 4.17. The monoisotopic (exact) mass is 436 g/mol. The van der Waals surface area contributed by atoms with Crippen LogP contribution in [0.3, 0.4) is 0 Å². The first-order chi connectivity index (χ1) is 14.0. The van der Waals surface area contributed by atoms with E-state index < -0.39 is 0 Å². The summed E-state index contributed by atoms with van der Waals surface area (Å²) in [6.07, 6.45) is 3.91. The van der Waals surface area contributed by atoms with E-state index in [1.54, 1.807) is 4.57 Å². The van der Waals surface area contributed by atoms with Crippen molar-refractivity contribution < 1.29 is 5.11 Å². The lowest BCUT2D eigenvalue weighted by Crippen LogP contribution is -1.96. The molecule has 144 valence electrons. The molecule has 1 N–H and O–H groups in total. The summed E-state index contributed by atoms with van der Waals surface area (Å²) in [7, 11) is 0. The molecule has 0 radical (unpaired) electrons. The van der Waals surface area contributed by atoms with E-state index in [0.717, 1.165) is 22.5 Å². The van der Waals surface area contributed by atoms with E-state index in [-0.39, 0.29) is 5.88 Å². The Morgan fingerprint density at radius 1 is 1.00 bits per heavy atom. The summed E-state index contributed by atoms with van der Waals surface area (Å²) in [6, 6.07) is 21.1. The summed E-state index contributed by atoms with van der Waals surface area (Å²) in [5, 5.41) is 11.6. The number of aryl methyl sites for hydroxylation is 1. The van der Waals surface area contributed by atoms with Crippen molar-refractivity contribution in [2.24, 2.45) is 0 Å². The van der Waals surface area contributed by atoms with E-state index in [4.69, 9.17) is 23.8 Å². The van der Waals surface area contributed by atoms with Gasteiger partial charge in [0.25, 0.3) is 0 Å². The highest BCUT2D eigenvalue weighted by Gasteiger charge is 2.17. The molecule has 29 heavy (non-hydrogen) atoms. The predicted octanol–water partition coefficient (Wildman–Crippen LogP) is 7.17. The van der Waals surface area contributed by atoms with Gasteiger partial charge < -0.3 is 5.11 Å². The minimum absolute atomic E-state index is 0.112. The van der Waals surface area contributed by atoms with Crippen molar-refractivity contribution in [3.8, 4) is 22.1 Å². The molecule has 0 unspecified atom stereocenters. The number of aromatic hydroxyl groups is 1. The van der Waals surface area contributed by atoms with E-state index in [9.17, 15) is 5.11 Å². The zero-order valence-electron chi connectivity index (χ0n) is 15.5. The summed E-state index contributed by atoms with van der Waals surface area (Å²) in [6.45, 7) is 1.99. The molecule has 0 atom stereocenters. The van der Waals surface area contributed by atoms with Crippen LogP contribution in [0, 0.1) is 10.9 Å². The molecule has 0 aliphatic rings. The maximum atomic E-state index is 10.9. The van der Waals surface area contributed by atoms with Gasteiger partial charge in [0.2, 0.25) is 5.88 Å². The van der Waals surface area contributed by atoms with Crippen LogP contribution in [0.25, 0.3) is 28.4 Å². The van der Waals surface area contributed by atoms with Crippen molar-refractivity contribution in [2.75, 3.05) is 0 Å². The Morgan fingerprint density at radius 3 is 2.52 bits per heavy atom. The van der Waals surface area contributed by atoms with Gasteiger partial charge in [0, 0.05) is 5.02 Å². The fraction of sp³-hybridized carbons (Fsp3) is 0.0435. The number of hydrogen-bond donors (Lipinski definition) is 1. The number of thiazole rings is 1. The summed E-state index contributed by atoms with van der Waals surface area (Å²) < 4.78 is 2.28. The molecule has 0 saturated carbocycles. The lowest BCUT2D eigenvalue weighted by molar-refractivity contribution is 0.443. The molecule has 2 aromatic heterocycles. The van der Waals surface area contributed by atoms with Crippen molar-refractivity contribution >= 4 is 47.3 Å². The van der Waals surface area contributed by atoms with Crippen LogP contribution in [0.1, 0.15) is 16.8 Å². The molecular weight excluding hydrogens is 420 g/mol. The van der Waals surface area contributed by atoms with Gasteiger partial charge in [0.15, 0.2) is 3.95 Å². The SMILES string of the molecule is Cc1ccccc1-n1c(O)c(-c2cccc(/C=C/c3ccc(Cl)cc3)n2)sc1=S. The van der Waals surface area contributed by atoms with Crippen molar-refractivity contribution in [3.63, 3.8) is 0 Å². The van der Waals surface area contributed by atoms with E-state index in [2.05, 4.69) is 4.98 Å². The van der Waals surface area contributed by atoms with Crippen LogP contribution in [0.4, 0.5) is 0 Å². The fourth-order valence-electron chi connectivity index (χ4n) is 2.99. The number of nitrogens with zero attached hydrogens (tertiary/aromatic N) is 2. The number of halogens is 1. The van der Waals surface area contributed by atoms with Gasteiger partial charge in [-0.2, -0.15) is 0 Å². The highest BCUT2D eigenvalue weighted by molar-refractivity contribution is 7.73. The Labute approximate surface area is 183 Å². The van der Waals surface area contributed by atoms with Gasteiger partial charge in [-0.05, 0) is 66.7 Å². The van der Waals surface area contributed by atoms with E-state index in [1.165, 1.54) is 11.3 Å². The number of benzene rings is 2. The molecule has 6 heteroatoms. The van der Waals surface area contributed by atoms with Crippen molar-refractivity contribution in [2.45, 2.75) is 6.92 Å². The lowest BCUT2D eigenvalue weighted by Gasteiger charge is -2.08. The summed E-state index contributed by atoms with van der Waals surface area (Å²) in [4.78, 5) is 5.34. The molecule has 0 aliphatic carbocycles. The fourth-order valence-corrected chi connectivity index (χ4v) is 4.40. The topological polar surface area (TPSA) is 38.0 Å². The largest absolute Gasteiger partial charge is 0.493 e. The second kappa shape index (κ2) is 8.33. The first-order valence-electron chi connectivity index (χ1n) is 8.95. The second-order valence-electron chi connectivity index (χ2n) is 6.48. The van der Waals surface area contributed by atoms with Crippen LogP contribution in [-0.4, -0.2) is 14.7 Å². The second-order valence-corrected chi connectivity index (χ2v) is 8.56. The van der Waals surface area contributed by atoms with Gasteiger partial charge in [0.05, 0.1) is 17.1 Å². The number of rotatable bonds is 4. The Kier molecular flexibility index (Phi) is 5.62. The van der Waals surface area contributed by atoms with E-state index in [0.29, 0.717) is 19.5 Å². The first-order valence-corrected chi connectivity index (χ1v) is 10.5. The Balaban J connectivity index is 1.71. The maximum absolute atomic E-state index is 10.9. The minimum Gasteiger partial charge on any atom is -0.493 e. The summed E-state index contributed by atoms with van der Waals surface area (Å²) in [5.41, 5.74) is 4.42. The standard InChI is InChI=1S/C23H17ClN2OS2/c1-15-5-2-3-8-20(15)26-22(27)21(29-23(26)28)19-7-4-6-18(25-19)14-11-16-9-12-17(24)13-10-16/h2-14,27H,1H3/b14-11+. The zero-order valence-corrected chi connectivity index (χ0v) is 17.9. The summed E-state index contributed by atoms with van der Waals surface area (Å²) in [5.74, 6) is 0.112. The smallest absolute Gasteiger partial charge is 0.217 e. The van der Waals surface area contributed by atoms with Gasteiger partial charge in [-0.15, -0.1) is 0 Å². The molecule has 4 aromatic rings. The maximum Gasteiger partial charge on any atom is 0.217 e. The third-order valence-corrected chi connectivity index (χ3v) is 6.10. The average molecular weight is 437 g/mol. The van der Waals surface area contributed by atoms with Gasteiger partial charge >= 0.3 is 0 Å². The quantitative estimate of drug-likeness (QED) is 0.344. The molecular formula is C23H17ClN2OS2. The number of pyridine rings is 1. The molecule has 0 fully saturated rings. The van der Waals surface area contributed by atoms with E-state index in [1.807, 2.05) is 85.8 Å². The Morgan fingerprint density at radius 2 is 1.76 bits per heavy atom. The van der Waals surface area contributed by atoms with Crippen molar-refractivity contribution in [3.05, 3.63) is 92.5 Å². The summed E-state index contributed by atoms with van der Waals surface area (Å²) >= 11 is 12.8. The van der Waals surface area contributed by atoms with Crippen LogP contribution in [0.15, 0.2) is 66.7 Å². The van der Waals surface area contributed by atoms with Crippen molar-refractivity contribution in [1.82, 2.24) is 9.55 Å². The molecule has 2 heterocycles. The highest BCUT2D eigenvalue weighted by atomic mass is 35.5. The molecule has 4 rings (SSSR count). The third-order valence-electron chi connectivity index (χ3n) is 4.46. The van der Waals surface area contributed by atoms with Crippen LogP contribution in [0.2, 0.25) is 5.02 Å². The first kappa shape index (κ1) is 19.6. The van der Waals surface area contributed by atoms with Crippen LogP contribution in [0.5, 0.6) is 5.88 Å². The molecule has 2 aromatic carbocycles. The number of aromatic nitrogens is 2. The predicted molar refractivity (Wildman–Crippen MR) is 124 cm³/mol. The molecule has 0 amide bonds. The molecule has 0 bridgehead atoms. The van der Waals surface area contributed by atoms with E-state index >= 15 is 0 Å². The average Bonchev–Trinajstić information content (AvgIpc) is 3.02. The Hall–Kier alpha value is -2.73. The van der Waals surface area contributed by atoms with Crippen LogP contribution in [-0.2, 0) is 0 Å². The van der Waals surface area contributed by atoms with Gasteiger partial charge in [-0.1, -0.05) is 65.4 Å².